The van der Waals surface area contributed by atoms with Crippen LogP contribution in [-0.2, 0) is 18.8 Å². The Kier molecular flexibility index (Phi) is 4.02. The Morgan fingerprint density at radius 1 is 1.12 bits per heavy atom. The van der Waals surface area contributed by atoms with E-state index in [-0.39, 0.29) is 35.8 Å². The van der Waals surface area contributed by atoms with Crippen molar-refractivity contribution >= 4 is 13.2 Å². The lowest BCUT2D eigenvalue weighted by atomic mass is 9.68. The third-order valence-corrected chi connectivity index (χ3v) is 5.50. The Balaban J connectivity index is 1.54. The van der Waals surface area contributed by atoms with Gasteiger partial charge in [0.15, 0.2) is 0 Å². The molecule has 6 nitrogen and oxygen atoms in total. The van der Waals surface area contributed by atoms with Crippen molar-refractivity contribution in [2.24, 2.45) is 0 Å². The molecule has 3 rings (SSSR count). The normalized spacial score (nSPS) is 30.5. The van der Waals surface area contributed by atoms with Gasteiger partial charge in [-0.2, -0.15) is 0 Å². The summed E-state index contributed by atoms with van der Waals surface area (Å²) in [5, 5.41) is 0. The number of rotatable bonds is 1. The number of likely N-dealkylation sites (tertiary alicyclic amines) is 1. The summed E-state index contributed by atoms with van der Waals surface area (Å²) in [6.45, 7) is 15.6. The van der Waals surface area contributed by atoms with Crippen LogP contribution in [0.15, 0.2) is 0 Å². The van der Waals surface area contributed by atoms with Crippen molar-refractivity contribution in [3.8, 4) is 0 Å². The van der Waals surface area contributed by atoms with E-state index < -0.39 is 5.60 Å². The summed E-state index contributed by atoms with van der Waals surface area (Å²) < 4.78 is 23.7. The van der Waals surface area contributed by atoms with E-state index in [4.69, 9.17) is 18.8 Å². The van der Waals surface area contributed by atoms with E-state index in [1.807, 2.05) is 20.8 Å². The molecule has 7 heteroatoms. The number of amides is 1. The highest BCUT2D eigenvalue weighted by molar-refractivity contribution is 6.47. The third-order valence-electron chi connectivity index (χ3n) is 5.50. The predicted molar refractivity (Wildman–Crippen MR) is 90.9 cm³/mol. The molecule has 0 radical (unpaired) electrons. The van der Waals surface area contributed by atoms with Crippen LogP contribution in [0.1, 0.15) is 54.9 Å². The molecule has 1 amide bonds. The predicted octanol–water partition coefficient (Wildman–Crippen LogP) is 2.86. The molecule has 3 fully saturated rings. The topological polar surface area (TPSA) is 57.2 Å². The highest BCUT2D eigenvalue weighted by atomic mass is 16.7. The van der Waals surface area contributed by atoms with E-state index in [2.05, 4.69) is 27.7 Å². The van der Waals surface area contributed by atoms with Crippen molar-refractivity contribution in [3.63, 3.8) is 0 Å². The summed E-state index contributed by atoms with van der Waals surface area (Å²) in [5.74, 6) is 0.201. The van der Waals surface area contributed by atoms with Crippen LogP contribution in [-0.4, -0.2) is 60.2 Å². The first-order valence-electron chi connectivity index (χ1n) is 8.80. The quantitative estimate of drug-likeness (QED) is 0.688. The van der Waals surface area contributed by atoms with Crippen LogP contribution >= 0.6 is 0 Å². The molecule has 0 saturated carbocycles. The Morgan fingerprint density at radius 2 is 1.67 bits per heavy atom. The molecule has 3 heterocycles. The molecule has 0 aromatic heterocycles. The molecule has 3 aliphatic heterocycles. The molecule has 24 heavy (non-hydrogen) atoms. The standard InChI is InChI=1S/C17H30BNO5/c1-14(2,3)22-13(20)19-10-17(11-19)8-12(9-21-17)18-23-15(4,5)16(6,7)24-18/h12H,8-11H2,1-7H3. The SMILES string of the molecule is CC(C)(C)OC(=O)N1CC2(CC(B3OC(C)(C)C(C)(C)O3)CO2)C1. The fourth-order valence-electron chi connectivity index (χ4n) is 3.46. The molecule has 1 unspecified atom stereocenters. The van der Waals surface area contributed by atoms with Gasteiger partial charge < -0.3 is 23.7 Å². The summed E-state index contributed by atoms with van der Waals surface area (Å²) in [6.07, 6.45) is 0.583. The van der Waals surface area contributed by atoms with Gasteiger partial charge in [-0.15, -0.1) is 0 Å². The fourth-order valence-corrected chi connectivity index (χ4v) is 3.46. The average Bonchev–Trinajstić information content (AvgIpc) is 2.85. The minimum absolute atomic E-state index is 0.201. The Morgan fingerprint density at radius 3 is 2.17 bits per heavy atom. The molecule has 0 aliphatic carbocycles. The first-order chi connectivity index (χ1) is 10.8. The van der Waals surface area contributed by atoms with Gasteiger partial charge >= 0.3 is 13.2 Å². The van der Waals surface area contributed by atoms with Gasteiger partial charge in [-0.25, -0.2) is 4.79 Å². The van der Waals surface area contributed by atoms with E-state index >= 15 is 0 Å². The van der Waals surface area contributed by atoms with Crippen LogP contribution in [0, 0.1) is 0 Å². The smallest absolute Gasteiger partial charge is 0.444 e. The second kappa shape index (κ2) is 5.35. The zero-order valence-electron chi connectivity index (χ0n) is 16.0. The molecule has 1 atom stereocenters. The van der Waals surface area contributed by atoms with Crippen molar-refractivity contribution in [2.75, 3.05) is 19.7 Å². The maximum absolute atomic E-state index is 12.1. The Bertz CT molecular complexity index is 506. The number of carbonyl (C=O) groups excluding carboxylic acids is 1. The number of hydrogen-bond acceptors (Lipinski definition) is 5. The van der Waals surface area contributed by atoms with Crippen molar-refractivity contribution in [3.05, 3.63) is 0 Å². The van der Waals surface area contributed by atoms with Gasteiger partial charge in [0, 0.05) is 12.4 Å². The number of carbonyl (C=O) groups is 1. The first kappa shape index (κ1) is 18.0. The van der Waals surface area contributed by atoms with Gasteiger partial charge in [0.1, 0.15) is 11.2 Å². The average molecular weight is 339 g/mol. The van der Waals surface area contributed by atoms with Crippen LogP contribution in [0.4, 0.5) is 4.79 Å². The first-order valence-corrected chi connectivity index (χ1v) is 8.80. The maximum Gasteiger partial charge on any atom is 0.463 e. The van der Waals surface area contributed by atoms with Crippen LogP contribution < -0.4 is 0 Å². The van der Waals surface area contributed by atoms with E-state index in [1.165, 1.54) is 0 Å². The van der Waals surface area contributed by atoms with Crippen LogP contribution in [0.5, 0.6) is 0 Å². The number of ether oxygens (including phenoxy) is 2. The largest absolute Gasteiger partial charge is 0.463 e. The van der Waals surface area contributed by atoms with Gasteiger partial charge in [-0.1, -0.05) is 0 Å². The van der Waals surface area contributed by atoms with Crippen LogP contribution in [0.3, 0.4) is 0 Å². The van der Waals surface area contributed by atoms with Crippen LogP contribution in [0.25, 0.3) is 0 Å². The molecule has 3 aliphatic rings. The molecule has 0 bridgehead atoms. The zero-order chi connectivity index (χ0) is 18.0. The highest BCUT2D eigenvalue weighted by Gasteiger charge is 2.60. The van der Waals surface area contributed by atoms with E-state index in [0.29, 0.717) is 19.7 Å². The maximum atomic E-state index is 12.1. The second-order valence-electron chi connectivity index (χ2n) is 9.42. The lowest BCUT2D eigenvalue weighted by Gasteiger charge is -2.47. The second-order valence-corrected chi connectivity index (χ2v) is 9.42. The van der Waals surface area contributed by atoms with Gasteiger partial charge in [-0.05, 0) is 54.9 Å². The molecule has 0 N–H and O–H groups in total. The third kappa shape index (κ3) is 3.18. The minimum atomic E-state index is -0.471. The highest BCUT2D eigenvalue weighted by Crippen LogP contribution is 2.47. The van der Waals surface area contributed by atoms with Crippen molar-refractivity contribution in [2.45, 2.75) is 83.1 Å². The van der Waals surface area contributed by atoms with Gasteiger partial charge in [0.05, 0.1) is 24.3 Å². The summed E-state index contributed by atoms with van der Waals surface area (Å²) in [4.78, 5) is 13.8. The molecule has 0 aromatic carbocycles. The summed E-state index contributed by atoms with van der Waals surface area (Å²) >= 11 is 0. The lowest BCUT2D eigenvalue weighted by molar-refractivity contribution is -0.109. The number of hydrogen-bond donors (Lipinski definition) is 0. The van der Waals surface area contributed by atoms with E-state index in [1.54, 1.807) is 4.90 Å². The van der Waals surface area contributed by atoms with Gasteiger partial charge in [0.25, 0.3) is 0 Å². The molecule has 3 saturated heterocycles. The zero-order valence-corrected chi connectivity index (χ0v) is 16.0. The molecule has 136 valence electrons. The molecular weight excluding hydrogens is 309 g/mol. The lowest BCUT2D eigenvalue weighted by Crippen LogP contribution is -2.63. The summed E-state index contributed by atoms with van der Waals surface area (Å²) in [7, 11) is -0.245. The van der Waals surface area contributed by atoms with Crippen molar-refractivity contribution in [1.82, 2.24) is 4.90 Å². The van der Waals surface area contributed by atoms with Crippen molar-refractivity contribution in [1.29, 1.82) is 0 Å². The molecular formula is C17H30BNO5. The Labute approximate surface area is 145 Å². The van der Waals surface area contributed by atoms with E-state index in [9.17, 15) is 4.79 Å². The summed E-state index contributed by atoms with van der Waals surface area (Å²) in [5.41, 5.74) is -1.38. The van der Waals surface area contributed by atoms with E-state index in [0.717, 1.165) is 6.42 Å². The van der Waals surface area contributed by atoms with Gasteiger partial charge in [0.2, 0.25) is 0 Å². The minimum Gasteiger partial charge on any atom is -0.444 e. The monoisotopic (exact) mass is 339 g/mol. The van der Waals surface area contributed by atoms with Crippen molar-refractivity contribution < 1.29 is 23.6 Å². The summed E-state index contributed by atoms with van der Waals surface area (Å²) in [6, 6.07) is 0. The van der Waals surface area contributed by atoms with Crippen LogP contribution in [0.2, 0.25) is 5.82 Å². The Hall–Kier alpha value is -0.785. The molecule has 0 aromatic rings. The fraction of sp³-hybridized carbons (Fsp3) is 0.941. The van der Waals surface area contributed by atoms with Gasteiger partial charge in [-0.3, -0.25) is 0 Å². The number of nitrogens with zero attached hydrogens (tertiary/aromatic N) is 1. The molecule has 1 spiro atoms.